The minimum absolute atomic E-state index is 0.638. The maximum absolute atomic E-state index is 3.85. The van der Waals surface area contributed by atoms with Gasteiger partial charge in [0.25, 0.3) is 0 Å². The smallest absolute Gasteiger partial charge is 0.00983 e. The lowest BCUT2D eigenvalue weighted by atomic mass is 9.45. The predicted octanol–water partition coefficient (Wildman–Crippen LogP) is 4.62. The molecule has 3 aliphatic rings. The molecule has 1 nitrogen and oxygen atoms in total. The van der Waals surface area contributed by atoms with Crippen molar-refractivity contribution in [1.29, 1.82) is 0 Å². The summed E-state index contributed by atoms with van der Waals surface area (Å²) in [6, 6.07) is 0.813. The van der Waals surface area contributed by atoms with E-state index in [4.69, 9.17) is 0 Å². The van der Waals surface area contributed by atoms with Gasteiger partial charge in [-0.3, -0.25) is 0 Å². The molecule has 3 rings (SSSR count). The third kappa shape index (κ3) is 2.76. The molecule has 0 radical (unpaired) electrons. The Morgan fingerprint density at radius 1 is 1.06 bits per heavy atom. The van der Waals surface area contributed by atoms with Crippen LogP contribution in [0.5, 0.6) is 0 Å². The second-order valence-electron chi connectivity index (χ2n) is 7.43. The van der Waals surface area contributed by atoms with Gasteiger partial charge in [0.05, 0.1) is 0 Å². The van der Waals surface area contributed by atoms with E-state index >= 15 is 0 Å². The fourth-order valence-corrected chi connectivity index (χ4v) is 4.44. The molecule has 3 saturated carbocycles. The lowest BCUT2D eigenvalue weighted by molar-refractivity contribution is -0.114. The highest BCUT2D eigenvalue weighted by Crippen LogP contribution is 2.61. The summed E-state index contributed by atoms with van der Waals surface area (Å²) < 4.78 is 0. The Morgan fingerprint density at radius 3 is 2.39 bits per heavy atom. The predicted molar refractivity (Wildman–Crippen MR) is 79.7 cm³/mol. The van der Waals surface area contributed by atoms with Crippen molar-refractivity contribution >= 4 is 0 Å². The van der Waals surface area contributed by atoms with E-state index in [1.165, 1.54) is 51.5 Å². The van der Waals surface area contributed by atoms with Gasteiger partial charge in [-0.2, -0.15) is 0 Å². The van der Waals surface area contributed by atoms with Crippen molar-refractivity contribution in [3.63, 3.8) is 0 Å². The number of hydrogen-bond donors (Lipinski definition) is 1. The number of nitrogens with one attached hydrogen (secondary N) is 1. The van der Waals surface area contributed by atoms with Crippen molar-refractivity contribution in [2.45, 2.75) is 78.7 Å². The second kappa shape index (κ2) is 5.94. The first kappa shape index (κ1) is 14.4. The summed E-state index contributed by atoms with van der Waals surface area (Å²) in [6.07, 6.45) is 9.92. The largest absolute Gasteiger partial charge is 0.314 e. The average molecular weight is 251 g/mol. The summed E-state index contributed by atoms with van der Waals surface area (Å²) in [6.45, 7) is 11.0. The standard InChI is InChI=1S/C17H33N/c1-5-6-7-8-9-10-18-16-12-14-11-15(13(16)2)17(14,3)4/h13-16,18H,5-12H2,1-4H3. The van der Waals surface area contributed by atoms with Gasteiger partial charge >= 0.3 is 0 Å². The summed E-state index contributed by atoms with van der Waals surface area (Å²) in [4.78, 5) is 0. The van der Waals surface area contributed by atoms with Crippen LogP contribution < -0.4 is 5.32 Å². The van der Waals surface area contributed by atoms with Crippen molar-refractivity contribution in [3.8, 4) is 0 Å². The normalized spacial score (nSPS) is 37.3. The van der Waals surface area contributed by atoms with Crippen LogP contribution in [-0.4, -0.2) is 12.6 Å². The van der Waals surface area contributed by atoms with Gasteiger partial charge in [-0.1, -0.05) is 53.4 Å². The van der Waals surface area contributed by atoms with Crippen LogP contribution in [0.4, 0.5) is 0 Å². The van der Waals surface area contributed by atoms with Crippen LogP contribution in [0.1, 0.15) is 72.6 Å². The number of fused-ring (bicyclic) bond motifs is 2. The molecular formula is C17H33N. The molecule has 18 heavy (non-hydrogen) atoms. The summed E-state index contributed by atoms with van der Waals surface area (Å²) >= 11 is 0. The summed E-state index contributed by atoms with van der Waals surface area (Å²) in [5.41, 5.74) is 0.638. The van der Waals surface area contributed by atoms with Crippen LogP contribution >= 0.6 is 0 Å². The lowest BCUT2D eigenvalue weighted by Gasteiger charge is -2.62. The fourth-order valence-electron chi connectivity index (χ4n) is 4.44. The average Bonchev–Trinajstić information content (AvgIpc) is 2.34. The SMILES string of the molecule is CCCCCCCNC1CC2CC(C1C)C2(C)C. The quantitative estimate of drug-likeness (QED) is 0.651. The van der Waals surface area contributed by atoms with E-state index in [1.807, 2.05) is 0 Å². The second-order valence-corrected chi connectivity index (χ2v) is 7.43. The molecule has 0 amide bonds. The highest BCUT2D eigenvalue weighted by molar-refractivity contribution is 5.06. The molecule has 3 aliphatic carbocycles. The van der Waals surface area contributed by atoms with Gasteiger partial charge in [-0.15, -0.1) is 0 Å². The van der Waals surface area contributed by atoms with Gasteiger partial charge in [0.2, 0.25) is 0 Å². The van der Waals surface area contributed by atoms with Gasteiger partial charge in [0.1, 0.15) is 0 Å². The topological polar surface area (TPSA) is 12.0 Å². The molecule has 4 atom stereocenters. The van der Waals surface area contributed by atoms with Crippen LogP contribution in [0, 0.1) is 23.2 Å². The van der Waals surface area contributed by atoms with E-state index in [-0.39, 0.29) is 0 Å². The summed E-state index contributed by atoms with van der Waals surface area (Å²) in [5, 5.41) is 3.85. The van der Waals surface area contributed by atoms with Gasteiger partial charge in [-0.25, -0.2) is 0 Å². The van der Waals surface area contributed by atoms with Crippen molar-refractivity contribution < 1.29 is 0 Å². The zero-order valence-corrected chi connectivity index (χ0v) is 13.0. The monoisotopic (exact) mass is 251 g/mol. The molecule has 1 N–H and O–H groups in total. The minimum atomic E-state index is 0.638. The Hall–Kier alpha value is -0.0400. The number of rotatable bonds is 7. The molecule has 2 bridgehead atoms. The summed E-state index contributed by atoms with van der Waals surface area (Å²) in [5.74, 6) is 2.87. The molecule has 0 aromatic rings. The summed E-state index contributed by atoms with van der Waals surface area (Å²) in [7, 11) is 0. The maximum atomic E-state index is 3.85. The van der Waals surface area contributed by atoms with Crippen molar-refractivity contribution in [3.05, 3.63) is 0 Å². The molecule has 0 aromatic heterocycles. The zero-order chi connectivity index (χ0) is 13.2. The van der Waals surface area contributed by atoms with Gasteiger partial charge in [0.15, 0.2) is 0 Å². The van der Waals surface area contributed by atoms with Gasteiger partial charge < -0.3 is 5.32 Å². The van der Waals surface area contributed by atoms with Crippen LogP contribution in [-0.2, 0) is 0 Å². The Morgan fingerprint density at radius 2 is 1.78 bits per heavy atom. The fraction of sp³-hybridized carbons (Fsp3) is 1.00. The van der Waals surface area contributed by atoms with Crippen LogP contribution in [0.15, 0.2) is 0 Å². The van der Waals surface area contributed by atoms with Crippen molar-refractivity contribution in [2.75, 3.05) is 6.54 Å². The Labute approximate surface area is 114 Å². The van der Waals surface area contributed by atoms with E-state index in [9.17, 15) is 0 Å². The number of hydrogen-bond acceptors (Lipinski definition) is 1. The molecular weight excluding hydrogens is 218 g/mol. The van der Waals surface area contributed by atoms with E-state index in [0.29, 0.717) is 5.41 Å². The molecule has 3 fully saturated rings. The first-order valence-electron chi connectivity index (χ1n) is 8.30. The molecule has 4 unspecified atom stereocenters. The van der Waals surface area contributed by atoms with Crippen molar-refractivity contribution in [2.24, 2.45) is 23.2 Å². The van der Waals surface area contributed by atoms with Crippen LogP contribution in [0.2, 0.25) is 0 Å². The molecule has 106 valence electrons. The third-order valence-electron chi connectivity index (χ3n) is 6.04. The third-order valence-corrected chi connectivity index (χ3v) is 6.04. The van der Waals surface area contributed by atoms with E-state index in [1.54, 1.807) is 0 Å². The molecule has 0 heterocycles. The molecule has 0 aliphatic heterocycles. The molecule has 0 spiro atoms. The highest BCUT2D eigenvalue weighted by atomic mass is 14.9. The Bertz CT molecular complexity index is 258. The Balaban J connectivity index is 1.63. The van der Waals surface area contributed by atoms with E-state index in [0.717, 1.165) is 23.8 Å². The first-order valence-corrected chi connectivity index (χ1v) is 8.30. The number of unbranched alkanes of at least 4 members (excludes halogenated alkanes) is 4. The molecule has 0 saturated heterocycles. The van der Waals surface area contributed by atoms with E-state index in [2.05, 4.69) is 33.0 Å². The first-order chi connectivity index (χ1) is 8.57. The van der Waals surface area contributed by atoms with Crippen LogP contribution in [0.25, 0.3) is 0 Å². The molecule has 0 aromatic carbocycles. The van der Waals surface area contributed by atoms with Gasteiger partial charge in [0, 0.05) is 6.04 Å². The maximum Gasteiger partial charge on any atom is 0.00983 e. The van der Waals surface area contributed by atoms with E-state index < -0.39 is 0 Å². The zero-order valence-electron chi connectivity index (χ0n) is 13.0. The lowest BCUT2D eigenvalue weighted by Crippen LogP contribution is -2.60. The molecule has 1 heteroatoms. The Kier molecular flexibility index (Phi) is 4.75. The highest BCUT2D eigenvalue weighted by Gasteiger charge is 2.55. The van der Waals surface area contributed by atoms with Gasteiger partial charge in [-0.05, 0) is 49.0 Å². The van der Waals surface area contributed by atoms with Crippen molar-refractivity contribution in [1.82, 2.24) is 5.32 Å². The van der Waals surface area contributed by atoms with Crippen LogP contribution in [0.3, 0.4) is 0 Å². The minimum Gasteiger partial charge on any atom is -0.314 e.